The van der Waals surface area contributed by atoms with E-state index in [9.17, 15) is 14.4 Å². The SMILES string of the molecule is CCCC[C@H](NC(=O)OCC1(CCc2c#cccc2)CCC1)C(=O)C(=O)N[C@H](C)c1ccccc1. The zero-order valence-electron chi connectivity index (χ0n) is 20.8. The number of carbonyl (C=O) groups excluding carboxylic acids is 3. The Morgan fingerprint density at radius 3 is 2.49 bits per heavy atom. The standard InChI is InChI=1S/C29H36N2O4/c1-3-4-16-25(26(32)27(33)30-22(2)24-14-9-6-10-15-24)31-28(34)35-21-29(18-11-19-29)20-17-23-12-7-5-8-13-23/h5-7,9-10,12,14-15,22,25H,3-4,11,16-21H2,1-2H3,(H,30,33)(H,31,34)/t22-,25+/m1/s1. The maximum absolute atomic E-state index is 12.9. The second-order valence-corrected chi connectivity index (χ2v) is 9.56. The molecule has 0 heterocycles. The summed E-state index contributed by atoms with van der Waals surface area (Å²) in [6.45, 7) is 4.13. The fourth-order valence-electron chi connectivity index (χ4n) is 4.41. The fourth-order valence-corrected chi connectivity index (χ4v) is 4.41. The molecule has 0 bridgehead atoms. The minimum atomic E-state index is -0.905. The summed E-state index contributed by atoms with van der Waals surface area (Å²) in [5.41, 5.74) is 1.97. The Morgan fingerprint density at radius 2 is 1.86 bits per heavy atom. The van der Waals surface area contributed by atoms with Crippen LogP contribution in [-0.4, -0.2) is 30.4 Å². The molecule has 2 aromatic rings. The van der Waals surface area contributed by atoms with Crippen LogP contribution < -0.4 is 10.6 Å². The van der Waals surface area contributed by atoms with E-state index in [0.29, 0.717) is 19.4 Å². The predicted molar refractivity (Wildman–Crippen MR) is 135 cm³/mol. The van der Waals surface area contributed by atoms with Crippen molar-refractivity contribution in [3.8, 4) is 0 Å². The van der Waals surface area contributed by atoms with Crippen molar-refractivity contribution in [2.75, 3.05) is 6.61 Å². The average molecular weight is 477 g/mol. The molecular formula is C29H36N2O4. The van der Waals surface area contributed by atoms with E-state index >= 15 is 0 Å². The van der Waals surface area contributed by atoms with Crippen molar-refractivity contribution >= 4 is 17.8 Å². The summed E-state index contributed by atoms with van der Waals surface area (Å²) in [4.78, 5) is 38.2. The zero-order chi connectivity index (χ0) is 25.1. The number of hydrogen-bond acceptors (Lipinski definition) is 4. The minimum absolute atomic E-state index is 0.0353. The molecule has 186 valence electrons. The Hall–Kier alpha value is -3.33. The maximum Gasteiger partial charge on any atom is 0.407 e. The second kappa shape index (κ2) is 12.9. The van der Waals surface area contributed by atoms with Gasteiger partial charge < -0.3 is 15.4 Å². The maximum atomic E-state index is 12.9. The Labute approximate surface area is 208 Å². The molecule has 0 spiro atoms. The first kappa shape index (κ1) is 26.3. The molecule has 2 N–H and O–H groups in total. The van der Waals surface area contributed by atoms with E-state index in [0.717, 1.165) is 49.7 Å². The first-order valence-electron chi connectivity index (χ1n) is 12.6. The van der Waals surface area contributed by atoms with Crippen LogP contribution in [0.5, 0.6) is 0 Å². The molecule has 0 radical (unpaired) electrons. The van der Waals surface area contributed by atoms with Crippen molar-refractivity contribution in [1.82, 2.24) is 10.6 Å². The molecular weight excluding hydrogens is 440 g/mol. The summed E-state index contributed by atoms with van der Waals surface area (Å²) in [5.74, 6) is -1.35. The first-order valence-corrected chi connectivity index (χ1v) is 12.6. The van der Waals surface area contributed by atoms with E-state index in [1.807, 2.05) is 62.4 Å². The molecule has 1 saturated carbocycles. The topological polar surface area (TPSA) is 84.5 Å². The van der Waals surface area contributed by atoms with Crippen LogP contribution in [0.1, 0.15) is 76.0 Å². The second-order valence-electron chi connectivity index (χ2n) is 9.56. The number of unbranched alkanes of at least 4 members (excludes halogenated alkanes) is 1. The Bertz CT molecular complexity index is 957. The minimum Gasteiger partial charge on any atom is -0.449 e. The van der Waals surface area contributed by atoms with Gasteiger partial charge in [-0.3, -0.25) is 9.59 Å². The van der Waals surface area contributed by atoms with Crippen molar-refractivity contribution in [1.29, 1.82) is 0 Å². The molecule has 0 unspecified atom stereocenters. The number of ether oxygens (including phenoxy) is 1. The van der Waals surface area contributed by atoms with Gasteiger partial charge in [0.1, 0.15) is 6.04 Å². The summed E-state index contributed by atoms with van der Waals surface area (Å²) in [7, 11) is 0. The first-order chi connectivity index (χ1) is 16.9. The molecule has 1 aliphatic rings. The third-order valence-corrected chi connectivity index (χ3v) is 6.88. The molecule has 1 aliphatic carbocycles. The van der Waals surface area contributed by atoms with Crippen LogP contribution in [0.15, 0.2) is 48.5 Å². The smallest absolute Gasteiger partial charge is 0.407 e. The number of Topliss-reactive ketones (excluding diaryl/α,β-unsaturated/α-hetero) is 1. The summed E-state index contributed by atoms with van der Waals surface area (Å²) in [5, 5.41) is 5.40. The lowest BCUT2D eigenvalue weighted by Gasteiger charge is -2.41. The van der Waals surface area contributed by atoms with E-state index in [4.69, 9.17) is 4.74 Å². The Balaban J connectivity index is 1.52. The van der Waals surface area contributed by atoms with Crippen molar-refractivity contribution in [2.24, 2.45) is 5.41 Å². The number of ketones is 1. The van der Waals surface area contributed by atoms with Crippen molar-refractivity contribution in [2.45, 2.75) is 77.3 Å². The molecule has 0 aromatic heterocycles. The highest BCUT2D eigenvalue weighted by Gasteiger charge is 2.38. The van der Waals surface area contributed by atoms with E-state index in [2.05, 4.69) is 22.8 Å². The van der Waals surface area contributed by atoms with Crippen LogP contribution in [0, 0.1) is 17.5 Å². The van der Waals surface area contributed by atoms with Gasteiger partial charge in [0.25, 0.3) is 5.91 Å². The number of benzene rings is 1. The Morgan fingerprint density at radius 1 is 1.09 bits per heavy atom. The number of aryl methyl sites for hydroxylation is 1. The molecule has 3 rings (SSSR count). The molecule has 0 aliphatic heterocycles. The van der Waals surface area contributed by atoms with Crippen LogP contribution in [0.2, 0.25) is 0 Å². The van der Waals surface area contributed by atoms with E-state index in [-0.39, 0.29) is 11.5 Å². The number of hydrogen-bond donors (Lipinski definition) is 2. The van der Waals surface area contributed by atoms with Crippen LogP contribution in [0.4, 0.5) is 4.79 Å². The molecule has 2 aromatic carbocycles. The highest BCUT2D eigenvalue weighted by Crippen LogP contribution is 2.44. The van der Waals surface area contributed by atoms with Gasteiger partial charge in [-0.15, -0.1) is 0 Å². The van der Waals surface area contributed by atoms with Gasteiger partial charge in [-0.2, -0.15) is 0 Å². The van der Waals surface area contributed by atoms with E-state index in [1.54, 1.807) is 0 Å². The predicted octanol–water partition coefficient (Wildman–Crippen LogP) is 5.12. The number of nitrogens with one attached hydrogen (secondary N) is 2. The van der Waals surface area contributed by atoms with Gasteiger partial charge in [-0.25, -0.2) is 4.79 Å². The molecule has 6 heteroatoms. The van der Waals surface area contributed by atoms with Crippen molar-refractivity contribution < 1.29 is 19.1 Å². The average Bonchev–Trinajstić information content (AvgIpc) is 2.86. The van der Waals surface area contributed by atoms with E-state index in [1.165, 1.54) is 0 Å². The van der Waals surface area contributed by atoms with Gasteiger partial charge in [0, 0.05) is 11.0 Å². The highest BCUT2D eigenvalue weighted by molar-refractivity contribution is 6.38. The molecule has 2 atom stereocenters. The van der Waals surface area contributed by atoms with Crippen molar-refractivity contribution in [3.63, 3.8) is 0 Å². The lowest BCUT2D eigenvalue weighted by Crippen LogP contribution is -2.48. The molecule has 2 amide bonds. The van der Waals surface area contributed by atoms with Crippen LogP contribution >= 0.6 is 0 Å². The normalized spacial score (nSPS) is 15.6. The van der Waals surface area contributed by atoms with Gasteiger partial charge in [-0.05, 0) is 50.7 Å². The van der Waals surface area contributed by atoms with Gasteiger partial charge >= 0.3 is 6.09 Å². The van der Waals surface area contributed by atoms with Gasteiger partial charge in [0.2, 0.25) is 5.78 Å². The molecule has 6 nitrogen and oxygen atoms in total. The third-order valence-electron chi connectivity index (χ3n) is 6.88. The zero-order valence-corrected chi connectivity index (χ0v) is 20.8. The van der Waals surface area contributed by atoms with Crippen LogP contribution in [0.3, 0.4) is 0 Å². The lowest BCUT2D eigenvalue weighted by molar-refractivity contribution is -0.139. The molecule has 0 saturated heterocycles. The number of alkyl carbamates (subject to hydrolysis) is 1. The number of carbonyl (C=O) groups is 3. The Kier molecular flexibility index (Phi) is 9.72. The highest BCUT2D eigenvalue weighted by atomic mass is 16.5. The van der Waals surface area contributed by atoms with Crippen molar-refractivity contribution in [3.05, 3.63) is 71.8 Å². The summed E-state index contributed by atoms with van der Waals surface area (Å²) in [6.07, 6.45) is 6.22. The van der Waals surface area contributed by atoms with E-state index < -0.39 is 23.8 Å². The monoisotopic (exact) mass is 476 g/mol. The summed E-state index contributed by atoms with van der Waals surface area (Å²) < 4.78 is 5.58. The van der Waals surface area contributed by atoms with Gasteiger partial charge in [-0.1, -0.05) is 80.8 Å². The van der Waals surface area contributed by atoms with Gasteiger partial charge in [0.15, 0.2) is 0 Å². The third kappa shape index (κ3) is 7.85. The lowest BCUT2D eigenvalue weighted by atomic mass is 9.66. The fraction of sp³-hybridized carbons (Fsp3) is 0.483. The largest absolute Gasteiger partial charge is 0.449 e. The van der Waals surface area contributed by atoms with Crippen LogP contribution in [0.25, 0.3) is 0 Å². The summed E-state index contributed by atoms with van der Waals surface area (Å²) in [6, 6.07) is 20.1. The number of rotatable bonds is 13. The van der Waals surface area contributed by atoms with Gasteiger partial charge in [0.05, 0.1) is 12.6 Å². The molecule has 1 fully saturated rings. The number of amides is 2. The van der Waals surface area contributed by atoms with Crippen LogP contribution in [-0.2, 0) is 20.7 Å². The summed E-state index contributed by atoms with van der Waals surface area (Å²) >= 11 is 0. The quantitative estimate of drug-likeness (QED) is 0.393. The molecule has 35 heavy (non-hydrogen) atoms.